The molecular weight excluding hydrogens is 226 g/mol. The predicted octanol–water partition coefficient (Wildman–Crippen LogP) is 2.76. The number of hydrogen-bond acceptors (Lipinski definition) is 4. The number of nitrogens with two attached hydrogens (primary N) is 1. The number of hydrogen-bond donors (Lipinski definition) is 1. The topological polar surface area (TPSA) is 61.0 Å². The molecule has 4 nitrogen and oxygen atoms in total. The summed E-state index contributed by atoms with van der Waals surface area (Å²) in [5.41, 5.74) is 7.44. The highest BCUT2D eigenvalue weighted by Crippen LogP contribution is 2.20. The molecule has 2 N–H and O–H groups in total. The second-order valence-electron chi connectivity index (χ2n) is 4.38. The maximum Gasteiger partial charge on any atom is 0.166 e. The Hall–Kier alpha value is -2.10. The summed E-state index contributed by atoms with van der Waals surface area (Å²) < 4.78 is 5.61. The van der Waals surface area contributed by atoms with Crippen LogP contribution in [0.2, 0.25) is 0 Å². The molecule has 2 aromatic rings. The van der Waals surface area contributed by atoms with Crippen LogP contribution >= 0.6 is 0 Å². The summed E-state index contributed by atoms with van der Waals surface area (Å²) in [6.07, 6.45) is 1.76. The fourth-order valence-electron chi connectivity index (χ4n) is 1.56. The normalized spacial score (nSPS) is 10.6. The second-order valence-corrected chi connectivity index (χ2v) is 4.38. The first-order valence-electron chi connectivity index (χ1n) is 5.96. The quantitative estimate of drug-likeness (QED) is 0.839. The van der Waals surface area contributed by atoms with Gasteiger partial charge in [-0.3, -0.25) is 0 Å². The van der Waals surface area contributed by atoms with Gasteiger partial charge in [-0.05, 0) is 24.1 Å². The molecule has 1 aromatic heterocycles. The molecule has 0 spiro atoms. The minimum absolute atomic E-state index is 0.328. The van der Waals surface area contributed by atoms with Crippen molar-refractivity contribution in [2.24, 2.45) is 0 Å². The Labute approximate surface area is 107 Å². The molecule has 0 amide bonds. The lowest BCUT2D eigenvalue weighted by Crippen LogP contribution is -2.05. The molecule has 18 heavy (non-hydrogen) atoms. The zero-order valence-electron chi connectivity index (χ0n) is 10.6. The number of anilines is 1. The van der Waals surface area contributed by atoms with E-state index < -0.39 is 0 Å². The van der Waals surface area contributed by atoms with E-state index >= 15 is 0 Å². The first-order chi connectivity index (χ1) is 8.66. The molecule has 0 aliphatic heterocycles. The van der Waals surface area contributed by atoms with Crippen LogP contribution in [0, 0.1) is 0 Å². The summed E-state index contributed by atoms with van der Waals surface area (Å²) in [7, 11) is 0. The first-order valence-corrected chi connectivity index (χ1v) is 5.96. The van der Waals surface area contributed by atoms with Crippen LogP contribution in [0.25, 0.3) is 0 Å². The largest absolute Gasteiger partial charge is 0.483 e. The fourth-order valence-corrected chi connectivity index (χ4v) is 1.56. The van der Waals surface area contributed by atoms with Gasteiger partial charge in [0, 0.05) is 11.9 Å². The van der Waals surface area contributed by atoms with Crippen LogP contribution in [0.15, 0.2) is 36.5 Å². The van der Waals surface area contributed by atoms with Gasteiger partial charge in [0.1, 0.15) is 12.4 Å². The van der Waals surface area contributed by atoms with E-state index in [0.717, 1.165) is 5.69 Å². The predicted molar refractivity (Wildman–Crippen MR) is 71.3 cm³/mol. The average molecular weight is 243 g/mol. The Morgan fingerprint density at radius 3 is 2.72 bits per heavy atom. The fraction of sp³-hybridized carbons (Fsp3) is 0.286. The van der Waals surface area contributed by atoms with Gasteiger partial charge in [-0.2, -0.15) is 0 Å². The molecule has 0 bridgehead atoms. The Morgan fingerprint density at radius 2 is 2.00 bits per heavy atom. The van der Waals surface area contributed by atoms with Crippen LogP contribution < -0.4 is 10.5 Å². The lowest BCUT2D eigenvalue weighted by Gasteiger charge is -2.09. The van der Waals surface area contributed by atoms with Crippen molar-refractivity contribution in [1.82, 2.24) is 9.97 Å². The van der Waals surface area contributed by atoms with Crippen molar-refractivity contribution in [3.8, 4) is 5.75 Å². The number of aromatic nitrogens is 2. The van der Waals surface area contributed by atoms with Gasteiger partial charge < -0.3 is 10.5 Å². The monoisotopic (exact) mass is 243 g/mol. The lowest BCUT2D eigenvalue weighted by atomic mass is 10.1. The molecule has 1 heterocycles. The molecule has 0 fully saturated rings. The molecule has 0 aliphatic carbocycles. The Bertz CT molecular complexity index is 526. The van der Waals surface area contributed by atoms with Gasteiger partial charge in [0.2, 0.25) is 0 Å². The van der Waals surface area contributed by atoms with Gasteiger partial charge in [0.05, 0.1) is 5.69 Å². The summed E-state index contributed by atoms with van der Waals surface area (Å²) in [6.45, 7) is 4.53. The van der Waals surface area contributed by atoms with Crippen molar-refractivity contribution < 1.29 is 4.74 Å². The molecular formula is C14H17N3O. The van der Waals surface area contributed by atoms with E-state index in [-0.39, 0.29) is 0 Å². The molecule has 2 rings (SSSR count). The minimum Gasteiger partial charge on any atom is -0.483 e. The van der Waals surface area contributed by atoms with Crippen LogP contribution in [0.5, 0.6) is 5.75 Å². The molecule has 94 valence electrons. The second kappa shape index (κ2) is 5.49. The van der Waals surface area contributed by atoms with Crippen LogP contribution in [0.4, 0.5) is 5.69 Å². The van der Waals surface area contributed by atoms with E-state index in [1.807, 2.05) is 24.3 Å². The van der Waals surface area contributed by atoms with Crippen molar-refractivity contribution in [2.45, 2.75) is 26.4 Å². The van der Waals surface area contributed by atoms with Crippen molar-refractivity contribution in [3.05, 3.63) is 48.0 Å². The number of nitrogens with zero attached hydrogens (tertiary/aromatic N) is 2. The van der Waals surface area contributed by atoms with Gasteiger partial charge in [-0.25, -0.2) is 9.97 Å². The van der Waals surface area contributed by atoms with Crippen LogP contribution in [-0.4, -0.2) is 9.97 Å². The average Bonchev–Trinajstić information content (AvgIpc) is 2.38. The highest BCUT2D eigenvalue weighted by molar-refractivity contribution is 5.51. The molecule has 0 atom stereocenters. The standard InChI is InChI=1S/C14H17N3O/c1-10(2)12-7-8-16-14(17-12)9-18-13-6-4-3-5-11(13)15/h3-8,10H,9,15H2,1-2H3. The molecule has 0 unspecified atom stereocenters. The number of para-hydroxylation sites is 2. The van der Waals surface area contributed by atoms with Crippen LogP contribution in [0.3, 0.4) is 0 Å². The number of benzene rings is 1. The van der Waals surface area contributed by atoms with Gasteiger partial charge in [-0.15, -0.1) is 0 Å². The van der Waals surface area contributed by atoms with Crippen molar-refractivity contribution in [1.29, 1.82) is 0 Å². The maximum absolute atomic E-state index is 5.80. The van der Waals surface area contributed by atoms with Gasteiger partial charge in [-0.1, -0.05) is 26.0 Å². The highest BCUT2D eigenvalue weighted by atomic mass is 16.5. The Kier molecular flexibility index (Phi) is 3.77. The van der Waals surface area contributed by atoms with Crippen molar-refractivity contribution in [2.75, 3.05) is 5.73 Å². The summed E-state index contributed by atoms with van der Waals surface area (Å²) in [5, 5.41) is 0. The lowest BCUT2D eigenvalue weighted by molar-refractivity contribution is 0.297. The Morgan fingerprint density at radius 1 is 1.22 bits per heavy atom. The summed E-state index contributed by atoms with van der Waals surface area (Å²) in [5.74, 6) is 1.72. The zero-order valence-corrected chi connectivity index (χ0v) is 10.6. The number of ether oxygens (including phenoxy) is 1. The van der Waals surface area contributed by atoms with Crippen LogP contribution in [0.1, 0.15) is 31.3 Å². The summed E-state index contributed by atoms with van der Waals surface area (Å²) >= 11 is 0. The van der Waals surface area contributed by atoms with E-state index in [2.05, 4.69) is 23.8 Å². The van der Waals surface area contributed by atoms with Crippen molar-refractivity contribution >= 4 is 5.69 Å². The van der Waals surface area contributed by atoms with E-state index in [4.69, 9.17) is 10.5 Å². The molecule has 1 aromatic carbocycles. The molecule has 0 aliphatic rings. The molecule has 0 radical (unpaired) electrons. The SMILES string of the molecule is CC(C)c1ccnc(COc2ccccc2N)n1. The number of rotatable bonds is 4. The first kappa shape index (κ1) is 12.4. The third-order valence-corrected chi connectivity index (χ3v) is 2.59. The number of nitrogen functional groups attached to an aromatic ring is 1. The summed E-state index contributed by atoms with van der Waals surface area (Å²) in [6, 6.07) is 9.32. The van der Waals surface area contributed by atoms with Crippen molar-refractivity contribution in [3.63, 3.8) is 0 Å². The van der Waals surface area contributed by atoms with E-state index in [0.29, 0.717) is 29.8 Å². The van der Waals surface area contributed by atoms with E-state index in [1.165, 1.54) is 0 Å². The van der Waals surface area contributed by atoms with E-state index in [1.54, 1.807) is 12.3 Å². The minimum atomic E-state index is 0.328. The third-order valence-electron chi connectivity index (χ3n) is 2.59. The Balaban J connectivity index is 2.07. The third kappa shape index (κ3) is 2.97. The van der Waals surface area contributed by atoms with Gasteiger partial charge in [0.15, 0.2) is 5.82 Å². The van der Waals surface area contributed by atoms with Gasteiger partial charge >= 0.3 is 0 Å². The smallest absolute Gasteiger partial charge is 0.166 e. The summed E-state index contributed by atoms with van der Waals surface area (Å²) in [4.78, 5) is 8.63. The highest BCUT2D eigenvalue weighted by Gasteiger charge is 2.05. The zero-order chi connectivity index (χ0) is 13.0. The van der Waals surface area contributed by atoms with Gasteiger partial charge in [0.25, 0.3) is 0 Å². The van der Waals surface area contributed by atoms with E-state index in [9.17, 15) is 0 Å². The molecule has 4 heteroatoms. The maximum atomic E-state index is 5.80. The molecule has 0 saturated heterocycles. The van der Waals surface area contributed by atoms with Crippen LogP contribution in [-0.2, 0) is 6.61 Å². The molecule has 0 saturated carbocycles.